The summed E-state index contributed by atoms with van der Waals surface area (Å²) in [5, 5.41) is 7.28. The number of aryl methyl sites for hydroxylation is 1. The predicted octanol–water partition coefficient (Wildman–Crippen LogP) is 1.14. The maximum absolute atomic E-state index is 12.2. The smallest absolute Gasteiger partial charge is 0.283 e. The number of rotatable bonds is 5. The third-order valence-corrected chi connectivity index (χ3v) is 5.16. The van der Waals surface area contributed by atoms with Gasteiger partial charge in [-0.05, 0) is 18.9 Å². The van der Waals surface area contributed by atoms with Gasteiger partial charge in [0, 0.05) is 39.4 Å². The number of piperidine rings is 1. The molecule has 150 valence electrons. The summed E-state index contributed by atoms with van der Waals surface area (Å²) in [6.07, 6.45) is 8.04. The lowest BCUT2D eigenvalue weighted by atomic mass is 10.0. The number of nitrogens with zero attached hydrogens (tertiary/aromatic N) is 7. The molecule has 10 nitrogen and oxygen atoms in total. The summed E-state index contributed by atoms with van der Waals surface area (Å²) in [5.41, 5.74) is 1.54. The molecule has 0 bridgehead atoms. The summed E-state index contributed by atoms with van der Waals surface area (Å²) in [5.74, 6) is 0.409. The van der Waals surface area contributed by atoms with E-state index < -0.39 is 0 Å². The number of likely N-dealkylation sites (N-methyl/N-ethyl adjacent to an activating group) is 1. The highest BCUT2D eigenvalue weighted by molar-refractivity contribution is 6.15. The first-order valence-corrected chi connectivity index (χ1v) is 9.36. The van der Waals surface area contributed by atoms with Crippen molar-refractivity contribution < 1.29 is 9.59 Å². The van der Waals surface area contributed by atoms with Crippen molar-refractivity contribution in [3.05, 3.63) is 36.3 Å². The third kappa shape index (κ3) is 3.60. The van der Waals surface area contributed by atoms with E-state index in [-0.39, 0.29) is 17.9 Å². The third-order valence-electron chi connectivity index (χ3n) is 5.16. The molecule has 1 unspecified atom stereocenters. The van der Waals surface area contributed by atoms with Crippen LogP contribution in [0.3, 0.4) is 0 Å². The van der Waals surface area contributed by atoms with Gasteiger partial charge in [0.25, 0.3) is 5.91 Å². The maximum Gasteiger partial charge on any atom is 0.283 e. The lowest BCUT2D eigenvalue weighted by Crippen LogP contribution is -2.48. The monoisotopic (exact) mass is 394 g/mol. The lowest BCUT2D eigenvalue weighted by molar-refractivity contribution is -0.127. The number of carbonyl (C=O) groups excluding carboxylic acids is 2. The van der Waals surface area contributed by atoms with Crippen molar-refractivity contribution >= 4 is 35.5 Å². The van der Waals surface area contributed by atoms with Crippen LogP contribution in [0.15, 0.2) is 30.0 Å². The number of carbonyl (C=O) groups is 2. The summed E-state index contributed by atoms with van der Waals surface area (Å²) in [6, 6.07) is 0.0611. The average molecular weight is 394 g/mol. The van der Waals surface area contributed by atoms with Crippen LogP contribution in [0.1, 0.15) is 28.9 Å². The van der Waals surface area contributed by atoms with Gasteiger partial charge in [-0.3, -0.25) is 14.3 Å². The van der Waals surface area contributed by atoms with E-state index in [1.807, 2.05) is 19.0 Å². The molecule has 0 radical (unpaired) electrons. The zero-order chi connectivity index (χ0) is 20.5. The summed E-state index contributed by atoms with van der Waals surface area (Å²) in [7, 11) is 3.71. The number of fused-ring (bicyclic) bond motifs is 1. The molecule has 2 amide bonds. The quantitative estimate of drug-likeness (QED) is 0.758. The van der Waals surface area contributed by atoms with E-state index in [4.69, 9.17) is 0 Å². The fraction of sp³-hybridized carbons (Fsp3) is 0.368. The Kier molecular flexibility index (Phi) is 4.83. The van der Waals surface area contributed by atoms with E-state index in [1.165, 1.54) is 12.3 Å². The Bertz CT molecular complexity index is 1010. The van der Waals surface area contributed by atoms with Gasteiger partial charge in [-0.25, -0.2) is 9.98 Å². The van der Waals surface area contributed by atoms with Crippen molar-refractivity contribution in [1.82, 2.24) is 24.6 Å². The maximum atomic E-state index is 12.2. The van der Waals surface area contributed by atoms with E-state index >= 15 is 0 Å². The normalized spacial score (nSPS) is 17.9. The van der Waals surface area contributed by atoms with E-state index in [0.717, 1.165) is 19.4 Å². The second-order valence-electron chi connectivity index (χ2n) is 7.12. The minimum Gasteiger partial charge on any atom is -0.339 e. The number of hydrogen-bond acceptors (Lipinski definition) is 7. The molecular weight excluding hydrogens is 372 g/mol. The van der Waals surface area contributed by atoms with Gasteiger partial charge < -0.3 is 15.1 Å². The number of likely N-dealkylation sites (tertiary alicyclic amines) is 1. The molecule has 0 aromatic carbocycles. The van der Waals surface area contributed by atoms with Crippen LogP contribution in [0.4, 0.5) is 17.5 Å². The zero-order valence-corrected chi connectivity index (χ0v) is 16.4. The first-order valence-electron chi connectivity index (χ1n) is 9.36. The van der Waals surface area contributed by atoms with Gasteiger partial charge in [0.2, 0.25) is 11.9 Å². The largest absolute Gasteiger partial charge is 0.339 e. The lowest BCUT2D eigenvalue weighted by Gasteiger charge is -2.37. The molecule has 4 heterocycles. The molecule has 1 N–H and O–H groups in total. The Labute approximate surface area is 168 Å². The highest BCUT2D eigenvalue weighted by Crippen LogP contribution is 2.28. The molecule has 4 rings (SSSR count). The molecule has 0 aliphatic carbocycles. The van der Waals surface area contributed by atoms with Crippen molar-refractivity contribution in [2.75, 3.05) is 30.4 Å². The molecular formula is C19H22N8O2. The molecule has 0 spiro atoms. The van der Waals surface area contributed by atoms with E-state index in [1.54, 1.807) is 22.0 Å². The number of hydrogen-bond donors (Lipinski definition) is 1. The Balaban J connectivity index is 1.64. The van der Waals surface area contributed by atoms with Gasteiger partial charge in [-0.1, -0.05) is 6.58 Å². The van der Waals surface area contributed by atoms with Gasteiger partial charge in [-0.15, -0.1) is 0 Å². The molecule has 2 aromatic rings. The minimum absolute atomic E-state index is 0.0611. The number of aliphatic imine (C=N–C) groups is 1. The number of nitrogens with one attached hydrogen (secondary N) is 1. The van der Waals surface area contributed by atoms with E-state index in [9.17, 15) is 9.59 Å². The van der Waals surface area contributed by atoms with Crippen molar-refractivity contribution in [2.24, 2.45) is 12.0 Å². The van der Waals surface area contributed by atoms with Crippen molar-refractivity contribution in [3.8, 4) is 0 Å². The average Bonchev–Trinajstić information content (AvgIpc) is 3.32. The van der Waals surface area contributed by atoms with Crippen LogP contribution in [0.5, 0.6) is 0 Å². The van der Waals surface area contributed by atoms with Gasteiger partial charge in [0.1, 0.15) is 17.1 Å². The first kappa shape index (κ1) is 18.8. The summed E-state index contributed by atoms with van der Waals surface area (Å²) >= 11 is 0. The molecule has 29 heavy (non-hydrogen) atoms. The van der Waals surface area contributed by atoms with Crippen LogP contribution in [-0.2, 0) is 11.8 Å². The Morgan fingerprint density at radius 1 is 1.41 bits per heavy atom. The van der Waals surface area contributed by atoms with Gasteiger partial charge in [-0.2, -0.15) is 10.1 Å². The van der Waals surface area contributed by atoms with Gasteiger partial charge in [0.15, 0.2) is 0 Å². The van der Waals surface area contributed by atoms with Crippen LogP contribution in [0.25, 0.3) is 0 Å². The van der Waals surface area contributed by atoms with Crippen molar-refractivity contribution in [3.63, 3.8) is 0 Å². The second-order valence-corrected chi connectivity index (χ2v) is 7.12. The second kappa shape index (κ2) is 7.46. The molecule has 1 saturated heterocycles. The van der Waals surface area contributed by atoms with Gasteiger partial charge in [0.05, 0.1) is 18.1 Å². The molecule has 2 aromatic heterocycles. The van der Waals surface area contributed by atoms with Crippen LogP contribution >= 0.6 is 0 Å². The number of aromatic nitrogens is 4. The summed E-state index contributed by atoms with van der Waals surface area (Å²) in [6.45, 7) is 4.86. The molecule has 0 saturated carbocycles. The highest BCUT2D eigenvalue weighted by Gasteiger charge is 2.30. The first-order chi connectivity index (χ1) is 14.0. The Hall–Kier alpha value is -3.56. The molecule has 2 aliphatic heterocycles. The van der Waals surface area contributed by atoms with Crippen molar-refractivity contribution in [1.29, 1.82) is 0 Å². The fourth-order valence-corrected chi connectivity index (χ4v) is 3.59. The predicted molar refractivity (Wildman–Crippen MR) is 109 cm³/mol. The summed E-state index contributed by atoms with van der Waals surface area (Å²) < 4.78 is 1.66. The van der Waals surface area contributed by atoms with Crippen LogP contribution in [0.2, 0.25) is 0 Å². The number of amides is 2. The van der Waals surface area contributed by atoms with Crippen LogP contribution < -0.4 is 10.2 Å². The topological polar surface area (TPSA) is 109 Å². The minimum atomic E-state index is -0.374. The Morgan fingerprint density at radius 2 is 2.24 bits per heavy atom. The van der Waals surface area contributed by atoms with E-state index in [2.05, 4.69) is 32.0 Å². The fourth-order valence-electron chi connectivity index (χ4n) is 3.59. The van der Waals surface area contributed by atoms with Gasteiger partial charge >= 0.3 is 0 Å². The van der Waals surface area contributed by atoms with Crippen LogP contribution in [0, 0.1) is 0 Å². The number of anilines is 3. The molecule has 2 aliphatic rings. The Morgan fingerprint density at radius 3 is 2.97 bits per heavy atom. The SMILES string of the molecule is C=CC(=O)N1CCCC(N(C)c2nc3c(c(Nc4cnn(C)c4)n2)C(=O)N=C3)C1. The highest BCUT2D eigenvalue weighted by atomic mass is 16.2. The molecule has 10 heteroatoms. The standard InChI is InChI=1S/C19H22N8O2/c1-4-15(28)27-7-5-6-13(11-27)26(3)19-23-14-9-20-18(29)16(14)17(24-19)22-12-8-21-25(2)10-12/h4,8-10,13H,1,5-7,11H2,2-3H3,(H,22,23,24). The zero-order valence-electron chi connectivity index (χ0n) is 16.4. The van der Waals surface area contributed by atoms with Crippen LogP contribution in [-0.4, -0.2) is 68.9 Å². The summed E-state index contributed by atoms with van der Waals surface area (Å²) in [4.78, 5) is 41.0. The molecule has 1 atom stereocenters. The molecule has 1 fully saturated rings. The van der Waals surface area contributed by atoms with E-state index in [0.29, 0.717) is 35.3 Å². The van der Waals surface area contributed by atoms with Crippen molar-refractivity contribution in [2.45, 2.75) is 18.9 Å².